The predicted octanol–water partition coefficient (Wildman–Crippen LogP) is 6.56. The molecule has 0 radical (unpaired) electrons. The van der Waals surface area contributed by atoms with E-state index < -0.39 is 60.8 Å². The number of hydrogen-bond acceptors (Lipinski definition) is 3. The highest BCUT2D eigenvalue weighted by molar-refractivity contribution is 8.33. The average Bonchev–Trinajstić information content (AvgIpc) is 2.22. The van der Waals surface area contributed by atoms with Gasteiger partial charge in [-0.05, 0) is 40.8 Å². The van der Waals surface area contributed by atoms with Crippen LogP contribution in [-0.4, -0.2) is 16.5 Å². The molecule has 0 heterocycles. The Morgan fingerprint density at radius 2 is 0.864 bits per heavy atom. The molecule has 0 nitrogen and oxygen atoms in total. The van der Waals surface area contributed by atoms with Crippen molar-refractivity contribution in [2.45, 2.75) is 19.9 Å². The lowest BCUT2D eigenvalue weighted by Gasteiger charge is -2.33. The summed E-state index contributed by atoms with van der Waals surface area (Å²) in [5, 5.41) is 0. The van der Waals surface area contributed by atoms with E-state index in [1.54, 1.807) is 0 Å². The minimum Gasteiger partial charge on any atom is -0.160 e. The van der Waals surface area contributed by atoms with Crippen LogP contribution < -0.4 is 0 Å². The van der Waals surface area contributed by atoms with Gasteiger partial charge in [0.15, 0.2) is 3.41 Å². The van der Waals surface area contributed by atoms with Gasteiger partial charge < -0.3 is 0 Å². The van der Waals surface area contributed by atoms with Gasteiger partial charge in [0.2, 0.25) is 0 Å². The van der Waals surface area contributed by atoms with Crippen molar-refractivity contribution in [3.05, 3.63) is 35.9 Å². The zero-order chi connectivity index (χ0) is 17.2. The van der Waals surface area contributed by atoms with Crippen molar-refractivity contribution < 1.29 is 39.5 Å². The monoisotopic (exact) mass is 392 g/mol. The van der Waals surface area contributed by atoms with Gasteiger partial charge in [0.1, 0.15) is 0 Å². The van der Waals surface area contributed by atoms with Crippen molar-refractivity contribution in [3.63, 3.8) is 0 Å². The first-order chi connectivity index (χ1) is 9.73. The topological polar surface area (TPSA) is 0 Å². The van der Waals surface area contributed by atoms with E-state index in [9.17, 15) is 39.5 Å². The molecule has 1 aromatic rings. The highest BCUT2D eigenvalue weighted by atomic mass is 32.3. The summed E-state index contributed by atoms with van der Waals surface area (Å²) in [6.45, 7) is 0. The molecule has 0 aromatic heterocycles. The molecule has 1 rings (SSSR count). The Morgan fingerprint density at radius 3 is 1.14 bits per heavy atom. The lowest BCUT2D eigenvalue weighted by Crippen LogP contribution is -2.27. The third kappa shape index (κ3) is 6.82. The summed E-state index contributed by atoms with van der Waals surface area (Å²) in [6, 6.07) is 4.97. The molecule has 0 atom stereocenters. The lowest BCUT2D eigenvalue weighted by molar-refractivity contribution is -0.0368. The molecular weight excluding hydrogens is 387 g/mol. The van der Waals surface area contributed by atoms with Crippen LogP contribution in [0.3, 0.4) is 0 Å². The van der Waals surface area contributed by atoms with Gasteiger partial charge in [-0.15, -0.1) is 0 Å². The highest BCUT2D eigenvalue weighted by Gasteiger charge is 2.57. The number of benzene rings is 1. The zero-order valence-electron chi connectivity index (χ0n) is 10.0. The molecule has 0 aliphatic carbocycles. The van der Waals surface area contributed by atoms with Crippen LogP contribution >= 0.6 is 35.3 Å². The smallest absolute Gasteiger partial charge is 0.160 e. The second kappa shape index (κ2) is 6.63. The van der Waals surface area contributed by atoms with Crippen LogP contribution in [0.2, 0.25) is 0 Å². The summed E-state index contributed by atoms with van der Waals surface area (Å²) < 4.78 is 110. The van der Waals surface area contributed by atoms with Gasteiger partial charge in [-0.3, -0.25) is 0 Å². The molecule has 0 N–H and O–H groups in total. The number of alkyl halides is 9. The van der Waals surface area contributed by atoms with Crippen molar-refractivity contribution >= 4 is 35.3 Å². The molecule has 0 aliphatic heterocycles. The lowest BCUT2D eigenvalue weighted by atomic mass is 10.2. The maximum absolute atomic E-state index is 12.6. The van der Waals surface area contributed by atoms with Crippen LogP contribution in [0.5, 0.6) is 0 Å². The first kappa shape index (κ1) is 19.7. The second-order valence-corrected chi connectivity index (χ2v) is 8.18. The van der Waals surface area contributed by atoms with Crippen LogP contribution in [0.4, 0.5) is 39.5 Å². The van der Waals surface area contributed by atoms with Crippen molar-refractivity contribution in [3.8, 4) is 0 Å². The van der Waals surface area contributed by atoms with E-state index in [0.717, 1.165) is 24.3 Å². The Hall–Kier alpha value is -0.360. The Balaban J connectivity index is 3.41. The van der Waals surface area contributed by atoms with Crippen LogP contribution in [0, 0.1) is 0 Å². The standard InChI is InChI=1S/C10H5F9S3/c11-8(12,13)20-7(21-9(14,15)16,22-10(17,18)19)6-4-2-1-3-5-6/h1-5H. The summed E-state index contributed by atoms with van der Waals surface area (Å²) in [5.74, 6) is 0. The Bertz CT molecular complexity index is 436. The van der Waals surface area contributed by atoms with Crippen molar-refractivity contribution in [1.82, 2.24) is 0 Å². The highest BCUT2D eigenvalue weighted by Crippen LogP contribution is 2.67. The maximum Gasteiger partial charge on any atom is 0.444 e. The van der Waals surface area contributed by atoms with Crippen molar-refractivity contribution in [1.29, 1.82) is 0 Å². The normalized spacial score (nSPS) is 14.2. The van der Waals surface area contributed by atoms with E-state index in [1.165, 1.54) is 6.07 Å². The fourth-order valence-electron chi connectivity index (χ4n) is 1.34. The molecule has 1 aromatic carbocycles. The second-order valence-electron chi connectivity index (χ2n) is 3.57. The fourth-order valence-corrected chi connectivity index (χ4v) is 5.22. The molecule has 22 heavy (non-hydrogen) atoms. The van der Waals surface area contributed by atoms with Crippen molar-refractivity contribution in [2.24, 2.45) is 0 Å². The fraction of sp³-hybridized carbons (Fsp3) is 0.400. The van der Waals surface area contributed by atoms with Crippen molar-refractivity contribution in [2.75, 3.05) is 0 Å². The van der Waals surface area contributed by atoms with Gasteiger partial charge in [0.25, 0.3) is 0 Å². The minimum absolute atomic E-state index is 0.748. The third-order valence-electron chi connectivity index (χ3n) is 1.88. The maximum atomic E-state index is 12.6. The Morgan fingerprint density at radius 1 is 0.545 bits per heavy atom. The number of thioether (sulfide) groups is 3. The quantitative estimate of drug-likeness (QED) is 0.421. The van der Waals surface area contributed by atoms with E-state index in [-0.39, 0.29) is 0 Å². The van der Waals surface area contributed by atoms with Gasteiger partial charge in [0, 0.05) is 0 Å². The molecule has 0 fully saturated rings. The summed E-state index contributed by atoms with van der Waals surface area (Å²) in [5.41, 5.74) is -16.6. The minimum atomic E-state index is -5.30. The number of rotatable bonds is 4. The molecule has 0 unspecified atom stereocenters. The van der Waals surface area contributed by atoms with Gasteiger partial charge >= 0.3 is 16.5 Å². The van der Waals surface area contributed by atoms with E-state index >= 15 is 0 Å². The molecular formula is C10H5F9S3. The van der Waals surface area contributed by atoms with Crippen LogP contribution in [0.1, 0.15) is 5.56 Å². The summed E-state index contributed by atoms with van der Waals surface area (Å²) in [6.07, 6.45) is 0. The molecule has 0 saturated carbocycles. The molecule has 0 aliphatic rings. The Labute approximate surface area is 131 Å². The molecule has 126 valence electrons. The van der Waals surface area contributed by atoms with Crippen LogP contribution in [0.25, 0.3) is 0 Å². The molecule has 12 heteroatoms. The van der Waals surface area contributed by atoms with Crippen LogP contribution in [0.15, 0.2) is 30.3 Å². The summed E-state index contributed by atoms with van der Waals surface area (Å²) in [4.78, 5) is 0. The molecule has 0 bridgehead atoms. The molecule has 0 amide bonds. The first-order valence-corrected chi connectivity index (χ1v) is 7.54. The van der Waals surface area contributed by atoms with E-state index in [1.807, 2.05) is 0 Å². The predicted molar refractivity (Wildman–Crippen MR) is 69.1 cm³/mol. The third-order valence-corrected chi connectivity index (χ3v) is 5.59. The van der Waals surface area contributed by atoms with Gasteiger partial charge in [-0.25, -0.2) is 0 Å². The molecule has 0 spiro atoms. The first-order valence-electron chi connectivity index (χ1n) is 5.09. The average molecular weight is 392 g/mol. The van der Waals surface area contributed by atoms with Gasteiger partial charge in [-0.2, -0.15) is 39.5 Å². The van der Waals surface area contributed by atoms with E-state index in [0.29, 0.717) is 0 Å². The summed E-state index contributed by atoms with van der Waals surface area (Å²) in [7, 11) is 0. The van der Waals surface area contributed by atoms with Crippen LogP contribution in [-0.2, 0) is 3.41 Å². The van der Waals surface area contributed by atoms with E-state index in [2.05, 4.69) is 0 Å². The number of halogens is 9. The summed E-state index contributed by atoms with van der Waals surface area (Å²) >= 11 is -4.07. The SMILES string of the molecule is FC(F)(F)SC(SC(F)(F)F)(SC(F)(F)F)c1ccccc1. The number of hydrogen-bond donors (Lipinski definition) is 0. The zero-order valence-corrected chi connectivity index (χ0v) is 12.5. The van der Waals surface area contributed by atoms with E-state index in [4.69, 9.17) is 0 Å². The largest absolute Gasteiger partial charge is 0.444 e. The molecule has 0 saturated heterocycles. The van der Waals surface area contributed by atoms with Gasteiger partial charge in [0.05, 0.1) is 0 Å². The Kier molecular flexibility index (Phi) is 5.94. The van der Waals surface area contributed by atoms with Gasteiger partial charge in [-0.1, -0.05) is 30.3 Å².